The molecule has 222 valence electrons. The number of halogens is 2. The van der Waals surface area contributed by atoms with Gasteiger partial charge in [-0.3, -0.25) is 9.59 Å². The Balaban J connectivity index is 1.38. The van der Waals surface area contributed by atoms with Gasteiger partial charge in [0, 0.05) is 27.7 Å². The number of hydrogen-bond acceptors (Lipinski definition) is 6. The molecular formula is C31H32Cl2N2O7. The monoisotopic (exact) mass is 614 g/mol. The van der Waals surface area contributed by atoms with Crippen LogP contribution in [0, 0.1) is 0 Å². The summed E-state index contributed by atoms with van der Waals surface area (Å²) in [5, 5.41) is 16.2. The standard InChI is InChI=1S/C31H32Cl2N2O7/c1-3-19-7-5-8-20(4-2)26(19)35-30(37)28-27(41-17-42-28)29(36)34-25(31(38)39)15-18-11-13-21(14-12-18)40-16-22-23(32)9-6-10-24(22)33/h5-14,25,27-28H,3-4,15-17H2,1-2H3,(H,34,36)(H,35,37)(H,38,39)/t25-,27+,28+/m0/s1. The van der Waals surface area contributed by atoms with Crippen molar-refractivity contribution in [1.29, 1.82) is 0 Å². The third kappa shape index (κ3) is 7.60. The van der Waals surface area contributed by atoms with Crippen molar-refractivity contribution < 1.29 is 33.7 Å². The van der Waals surface area contributed by atoms with E-state index >= 15 is 0 Å². The zero-order chi connectivity index (χ0) is 30.2. The fourth-order valence-electron chi connectivity index (χ4n) is 4.62. The highest BCUT2D eigenvalue weighted by atomic mass is 35.5. The van der Waals surface area contributed by atoms with Crippen molar-refractivity contribution in [3.05, 3.63) is 93.0 Å². The fraction of sp³-hybridized carbons (Fsp3) is 0.323. The molecular weight excluding hydrogens is 583 g/mol. The number of carbonyl (C=O) groups is 3. The van der Waals surface area contributed by atoms with Crippen molar-refractivity contribution in [3.8, 4) is 5.75 Å². The van der Waals surface area contributed by atoms with Crippen LogP contribution in [0.15, 0.2) is 60.7 Å². The molecule has 1 saturated heterocycles. The molecule has 0 aromatic heterocycles. The molecule has 2 amide bonds. The summed E-state index contributed by atoms with van der Waals surface area (Å²) in [5.74, 6) is -1.99. The van der Waals surface area contributed by atoms with Crippen molar-refractivity contribution in [2.75, 3.05) is 12.1 Å². The molecule has 3 atom stereocenters. The molecule has 1 aliphatic rings. The Kier molecular flexibility index (Phi) is 10.8. The molecule has 4 rings (SSSR count). The zero-order valence-corrected chi connectivity index (χ0v) is 24.7. The Morgan fingerprint density at radius 3 is 2.05 bits per heavy atom. The largest absolute Gasteiger partial charge is 0.489 e. The number of rotatable bonds is 12. The van der Waals surface area contributed by atoms with Crippen LogP contribution in [0.25, 0.3) is 0 Å². The predicted molar refractivity (Wildman–Crippen MR) is 159 cm³/mol. The molecule has 0 radical (unpaired) electrons. The van der Waals surface area contributed by atoms with E-state index in [-0.39, 0.29) is 19.8 Å². The Hall–Kier alpha value is -3.63. The Morgan fingerprint density at radius 2 is 1.48 bits per heavy atom. The predicted octanol–water partition coefficient (Wildman–Crippen LogP) is 5.19. The van der Waals surface area contributed by atoms with Gasteiger partial charge in [-0.1, -0.05) is 73.4 Å². The number of nitrogens with one attached hydrogen (secondary N) is 2. The summed E-state index contributed by atoms with van der Waals surface area (Å²) in [6.45, 7) is 3.86. The molecule has 0 bridgehead atoms. The molecule has 3 aromatic rings. The van der Waals surface area contributed by atoms with E-state index in [4.69, 9.17) is 37.4 Å². The lowest BCUT2D eigenvalue weighted by atomic mass is 10.0. The first kappa shape index (κ1) is 31.3. The summed E-state index contributed by atoms with van der Waals surface area (Å²) in [4.78, 5) is 38.3. The van der Waals surface area contributed by atoms with Crippen molar-refractivity contribution in [3.63, 3.8) is 0 Å². The average Bonchev–Trinajstić information content (AvgIpc) is 3.48. The third-order valence-corrected chi connectivity index (χ3v) is 7.66. The summed E-state index contributed by atoms with van der Waals surface area (Å²) < 4.78 is 16.6. The summed E-state index contributed by atoms with van der Waals surface area (Å²) in [6, 6.07) is 16.5. The second-order valence-corrected chi connectivity index (χ2v) is 10.5. The van der Waals surface area contributed by atoms with Gasteiger partial charge in [-0.15, -0.1) is 0 Å². The van der Waals surface area contributed by atoms with Gasteiger partial charge in [0.15, 0.2) is 12.2 Å². The highest BCUT2D eigenvalue weighted by Gasteiger charge is 2.42. The van der Waals surface area contributed by atoms with E-state index < -0.39 is 36.0 Å². The number of benzene rings is 3. The minimum absolute atomic E-state index is 0.00806. The van der Waals surface area contributed by atoms with Gasteiger partial charge in [0.1, 0.15) is 25.2 Å². The van der Waals surface area contributed by atoms with Gasteiger partial charge < -0.3 is 30.0 Å². The first-order valence-corrected chi connectivity index (χ1v) is 14.3. The third-order valence-electron chi connectivity index (χ3n) is 6.96. The molecule has 0 saturated carbocycles. The molecule has 1 aliphatic heterocycles. The molecule has 1 fully saturated rings. The van der Waals surface area contributed by atoms with Crippen LogP contribution in [-0.2, 0) is 49.7 Å². The Morgan fingerprint density at radius 1 is 0.905 bits per heavy atom. The number of aryl methyl sites for hydroxylation is 2. The number of amides is 2. The van der Waals surface area contributed by atoms with E-state index in [0.29, 0.717) is 45.5 Å². The zero-order valence-electron chi connectivity index (χ0n) is 23.2. The molecule has 0 spiro atoms. The van der Waals surface area contributed by atoms with Gasteiger partial charge in [-0.2, -0.15) is 0 Å². The molecule has 1 heterocycles. The van der Waals surface area contributed by atoms with Crippen LogP contribution >= 0.6 is 23.2 Å². The number of carboxylic acid groups (broad SMARTS) is 1. The van der Waals surface area contributed by atoms with Gasteiger partial charge in [0.05, 0.1) is 0 Å². The van der Waals surface area contributed by atoms with E-state index in [1.165, 1.54) is 0 Å². The normalized spacial score (nSPS) is 17.0. The van der Waals surface area contributed by atoms with Gasteiger partial charge in [0.25, 0.3) is 11.8 Å². The smallest absolute Gasteiger partial charge is 0.326 e. The number of aliphatic carboxylic acids is 1. The molecule has 42 heavy (non-hydrogen) atoms. The lowest BCUT2D eigenvalue weighted by Gasteiger charge is -2.21. The SMILES string of the molecule is CCc1cccc(CC)c1NC(=O)[C@@H]1OCO[C@H]1C(=O)N[C@@H](Cc1ccc(OCc2c(Cl)cccc2Cl)cc1)C(=O)O. The number of para-hydroxylation sites is 1. The van der Waals surface area contributed by atoms with Crippen LogP contribution in [0.1, 0.15) is 36.1 Å². The summed E-state index contributed by atoms with van der Waals surface area (Å²) in [5.41, 5.74) is 3.90. The van der Waals surface area contributed by atoms with Crippen LogP contribution in [0.5, 0.6) is 5.75 Å². The van der Waals surface area contributed by atoms with E-state index in [0.717, 1.165) is 11.1 Å². The van der Waals surface area contributed by atoms with Crippen molar-refractivity contribution in [2.24, 2.45) is 0 Å². The molecule has 3 N–H and O–H groups in total. The van der Waals surface area contributed by atoms with Gasteiger partial charge in [0.2, 0.25) is 0 Å². The van der Waals surface area contributed by atoms with Crippen LogP contribution < -0.4 is 15.4 Å². The number of hydrogen-bond donors (Lipinski definition) is 3. The second-order valence-electron chi connectivity index (χ2n) is 9.68. The highest BCUT2D eigenvalue weighted by Crippen LogP contribution is 2.27. The summed E-state index contributed by atoms with van der Waals surface area (Å²) in [6.07, 6.45) is -1.14. The molecule has 11 heteroatoms. The lowest BCUT2D eigenvalue weighted by Crippen LogP contribution is -2.51. The van der Waals surface area contributed by atoms with Crippen LogP contribution in [-0.4, -0.2) is 47.9 Å². The quantitative estimate of drug-likeness (QED) is 0.256. The van der Waals surface area contributed by atoms with Crippen LogP contribution in [0.3, 0.4) is 0 Å². The van der Waals surface area contributed by atoms with Crippen molar-refractivity contribution in [2.45, 2.75) is 58.0 Å². The first-order valence-electron chi connectivity index (χ1n) is 13.5. The van der Waals surface area contributed by atoms with Crippen LogP contribution in [0.4, 0.5) is 5.69 Å². The molecule has 0 unspecified atom stereocenters. The topological polar surface area (TPSA) is 123 Å². The maximum atomic E-state index is 13.2. The number of carboxylic acids is 1. The molecule has 9 nitrogen and oxygen atoms in total. The van der Waals surface area contributed by atoms with Gasteiger partial charge in [-0.25, -0.2) is 4.79 Å². The van der Waals surface area contributed by atoms with Crippen LogP contribution in [0.2, 0.25) is 10.0 Å². The summed E-state index contributed by atoms with van der Waals surface area (Å²) in [7, 11) is 0. The van der Waals surface area contributed by atoms with Gasteiger partial charge in [-0.05, 0) is 53.8 Å². The van der Waals surface area contributed by atoms with Crippen molar-refractivity contribution >= 4 is 46.7 Å². The Labute approximate surface area is 254 Å². The van der Waals surface area contributed by atoms with E-state index in [2.05, 4.69) is 10.6 Å². The van der Waals surface area contributed by atoms with Crippen molar-refractivity contribution in [1.82, 2.24) is 5.32 Å². The maximum absolute atomic E-state index is 13.2. The number of ether oxygens (including phenoxy) is 3. The first-order chi connectivity index (χ1) is 20.2. The minimum atomic E-state index is -1.31. The minimum Gasteiger partial charge on any atom is -0.489 e. The highest BCUT2D eigenvalue weighted by molar-refractivity contribution is 6.35. The average molecular weight is 616 g/mol. The summed E-state index contributed by atoms with van der Waals surface area (Å²) >= 11 is 12.4. The van der Waals surface area contributed by atoms with E-state index in [1.807, 2.05) is 32.0 Å². The molecule has 3 aromatic carbocycles. The van der Waals surface area contributed by atoms with Gasteiger partial charge >= 0.3 is 5.97 Å². The number of carbonyl (C=O) groups excluding carboxylic acids is 2. The van der Waals surface area contributed by atoms with E-state index in [9.17, 15) is 19.5 Å². The molecule has 0 aliphatic carbocycles. The number of anilines is 1. The Bertz CT molecular complexity index is 1390. The maximum Gasteiger partial charge on any atom is 0.326 e. The lowest BCUT2D eigenvalue weighted by molar-refractivity contribution is -0.144. The van der Waals surface area contributed by atoms with E-state index in [1.54, 1.807) is 42.5 Å². The second kappa shape index (κ2) is 14.5. The fourth-order valence-corrected chi connectivity index (χ4v) is 5.13.